The van der Waals surface area contributed by atoms with Gasteiger partial charge in [-0.25, -0.2) is 13.4 Å². The summed E-state index contributed by atoms with van der Waals surface area (Å²) in [5, 5.41) is 4.80. The van der Waals surface area contributed by atoms with Gasteiger partial charge in [-0.1, -0.05) is 6.07 Å². The maximum Gasteiger partial charge on any atom is 0.259 e. The Balaban J connectivity index is 1.43. The lowest BCUT2D eigenvalue weighted by Gasteiger charge is -2.28. The molecule has 0 aliphatic carbocycles. The van der Waals surface area contributed by atoms with Crippen LogP contribution in [0.25, 0.3) is 21.7 Å². The van der Waals surface area contributed by atoms with E-state index < -0.39 is 15.9 Å². The van der Waals surface area contributed by atoms with Gasteiger partial charge in [-0.3, -0.25) is 4.79 Å². The van der Waals surface area contributed by atoms with E-state index in [-0.39, 0.29) is 23.7 Å². The predicted octanol–water partition coefficient (Wildman–Crippen LogP) is 2.73. The maximum absolute atomic E-state index is 12.8. The highest BCUT2D eigenvalue weighted by Crippen LogP contribution is 2.26. The molecule has 3 aromatic rings. The smallest absolute Gasteiger partial charge is 0.259 e. The number of amidine groups is 1. The number of rotatable bonds is 3. The minimum absolute atomic E-state index is 0.0706. The number of thiophene rings is 1. The van der Waals surface area contributed by atoms with Crippen molar-refractivity contribution in [2.24, 2.45) is 4.40 Å². The van der Waals surface area contributed by atoms with Gasteiger partial charge in [0.1, 0.15) is 5.82 Å². The Morgan fingerprint density at radius 1 is 1.28 bits per heavy atom. The van der Waals surface area contributed by atoms with Crippen molar-refractivity contribution in [1.82, 2.24) is 14.9 Å². The maximum atomic E-state index is 12.8. The number of benzene rings is 1. The van der Waals surface area contributed by atoms with Crippen LogP contribution in [0.2, 0.25) is 0 Å². The Morgan fingerprint density at radius 2 is 2.17 bits per heavy atom. The lowest BCUT2D eigenvalue weighted by atomic mass is 10.1. The molecule has 0 radical (unpaired) electrons. The summed E-state index contributed by atoms with van der Waals surface area (Å²) in [5.74, 6) is 0.432. The van der Waals surface area contributed by atoms with Crippen molar-refractivity contribution in [3.05, 3.63) is 59.6 Å². The quantitative estimate of drug-likeness (QED) is 0.671. The first-order chi connectivity index (χ1) is 14.0. The Hall–Kier alpha value is -3.24. The molecule has 2 N–H and O–H groups in total. The van der Waals surface area contributed by atoms with Crippen LogP contribution in [0.15, 0.2) is 64.0 Å². The van der Waals surface area contributed by atoms with Crippen LogP contribution in [0.3, 0.4) is 0 Å². The minimum atomic E-state index is -3.56. The Kier molecular flexibility index (Phi) is 4.10. The van der Waals surface area contributed by atoms with E-state index in [0.29, 0.717) is 5.69 Å². The largest absolute Gasteiger partial charge is 0.337 e. The summed E-state index contributed by atoms with van der Waals surface area (Å²) in [6.45, 7) is 0.272. The van der Waals surface area contributed by atoms with Crippen molar-refractivity contribution in [1.29, 1.82) is 0 Å². The molecule has 29 heavy (non-hydrogen) atoms. The number of imidazole rings is 1. The molecule has 2 aliphatic rings. The second kappa shape index (κ2) is 6.68. The fourth-order valence-electron chi connectivity index (χ4n) is 3.21. The van der Waals surface area contributed by atoms with Crippen LogP contribution in [0, 0.1) is 0 Å². The van der Waals surface area contributed by atoms with Gasteiger partial charge in [0.05, 0.1) is 27.2 Å². The van der Waals surface area contributed by atoms with Gasteiger partial charge >= 0.3 is 0 Å². The van der Waals surface area contributed by atoms with Crippen LogP contribution in [0.4, 0.5) is 5.69 Å². The van der Waals surface area contributed by atoms with E-state index >= 15 is 0 Å². The summed E-state index contributed by atoms with van der Waals surface area (Å²) in [6, 6.07) is 9.33. The molecule has 146 valence electrons. The van der Waals surface area contributed by atoms with Crippen LogP contribution in [0.1, 0.15) is 0 Å². The van der Waals surface area contributed by atoms with E-state index in [2.05, 4.69) is 19.7 Å². The molecule has 2 aliphatic heterocycles. The number of aromatic nitrogens is 2. The molecule has 1 amide bonds. The first kappa shape index (κ1) is 17.8. The number of H-pyrrole nitrogens is 1. The van der Waals surface area contributed by atoms with E-state index in [0.717, 1.165) is 21.7 Å². The number of carbonyl (C=O) groups excluding carboxylic acids is 1. The first-order valence-corrected chi connectivity index (χ1v) is 11.3. The Bertz CT molecular complexity index is 1320. The summed E-state index contributed by atoms with van der Waals surface area (Å²) in [7, 11) is -3.56. The van der Waals surface area contributed by atoms with E-state index in [1.54, 1.807) is 46.7 Å². The molecule has 0 fully saturated rings. The fraction of sp³-hybridized carbons (Fsp3) is 0.105. The summed E-state index contributed by atoms with van der Waals surface area (Å²) in [6.07, 6.45) is 4.99. The zero-order chi connectivity index (χ0) is 20.0. The third-order valence-electron chi connectivity index (χ3n) is 4.60. The monoisotopic (exact) mass is 425 g/mol. The first-order valence-electron chi connectivity index (χ1n) is 8.82. The molecule has 8 nitrogen and oxygen atoms in total. The highest BCUT2D eigenvalue weighted by Gasteiger charge is 2.30. The molecule has 0 saturated carbocycles. The molecule has 1 aromatic carbocycles. The number of carbonyl (C=O) groups is 1. The Morgan fingerprint density at radius 3 is 3.00 bits per heavy atom. The van der Waals surface area contributed by atoms with E-state index in [1.165, 1.54) is 0 Å². The number of aromatic amines is 1. The molecule has 0 atom stereocenters. The second-order valence-corrected chi connectivity index (χ2v) is 9.27. The highest BCUT2D eigenvalue weighted by atomic mass is 32.2. The summed E-state index contributed by atoms with van der Waals surface area (Å²) >= 11 is 1.59. The van der Waals surface area contributed by atoms with Gasteiger partial charge in [0.25, 0.3) is 15.9 Å². The van der Waals surface area contributed by atoms with Crippen molar-refractivity contribution in [3.63, 3.8) is 0 Å². The molecule has 2 aromatic heterocycles. The molecular weight excluding hydrogens is 410 g/mol. The minimum Gasteiger partial charge on any atom is -0.337 e. The lowest BCUT2D eigenvalue weighted by Crippen LogP contribution is -2.40. The summed E-state index contributed by atoms with van der Waals surface area (Å²) in [5.41, 5.74) is 2.37. The van der Waals surface area contributed by atoms with E-state index in [9.17, 15) is 13.2 Å². The van der Waals surface area contributed by atoms with E-state index in [4.69, 9.17) is 0 Å². The lowest BCUT2D eigenvalue weighted by molar-refractivity contribution is -0.112. The van der Waals surface area contributed by atoms with Crippen molar-refractivity contribution in [2.75, 3.05) is 17.6 Å². The number of nitrogens with one attached hydrogen (secondary N) is 2. The summed E-state index contributed by atoms with van der Waals surface area (Å²) in [4.78, 5) is 23.3. The zero-order valence-electron chi connectivity index (χ0n) is 15.0. The van der Waals surface area contributed by atoms with Crippen LogP contribution in [-0.4, -0.2) is 47.3 Å². The third kappa shape index (κ3) is 3.36. The predicted molar refractivity (Wildman–Crippen MR) is 113 cm³/mol. The van der Waals surface area contributed by atoms with Crippen LogP contribution < -0.4 is 5.32 Å². The zero-order valence-corrected chi connectivity index (χ0v) is 16.6. The van der Waals surface area contributed by atoms with Crippen LogP contribution in [-0.2, 0) is 14.8 Å². The van der Waals surface area contributed by atoms with Crippen molar-refractivity contribution < 1.29 is 13.2 Å². The standard InChI is InChI=1S/C19H15N5O3S2/c25-19(13-3-1-7-24-8-10-29(26,27)23-18(13)24)20-12-5-6-14-15(11-12)22-17(21-14)16-4-2-9-28-16/h1-7,9,11H,8,10H2,(H,20,25)(H,21,22). The number of nitrogens with zero attached hydrogens (tertiary/aromatic N) is 3. The SMILES string of the molecule is O=C(Nc1ccc2nc(-c3cccs3)[nH]c2c1)C1=CC=CN2CCS(=O)(=O)N=C12. The molecular formula is C19H15N5O3S2. The number of anilines is 1. The van der Waals surface area contributed by atoms with Gasteiger partial charge in [0.2, 0.25) is 0 Å². The molecule has 0 spiro atoms. The number of hydrogen-bond donors (Lipinski definition) is 2. The number of fused-ring (bicyclic) bond motifs is 2. The van der Waals surface area contributed by atoms with Crippen molar-refractivity contribution >= 4 is 49.8 Å². The number of allylic oxidation sites excluding steroid dienone is 2. The summed E-state index contributed by atoms with van der Waals surface area (Å²) < 4.78 is 27.5. The third-order valence-corrected chi connectivity index (χ3v) is 6.62. The van der Waals surface area contributed by atoms with Gasteiger partial charge in [0.15, 0.2) is 5.84 Å². The average Bonchev–Trinajstić information content (AvgIpc) is 3.36. The number of amides is 1. The second-order valence-electron chi connectivity index (χ2n) is 6.56. The van der Waals surface area contributed by atoms with Crippen LogP contribution >= 0.6 is 11.3 Å². The van der Waals surface area contributed by atoms with Crippen LogP contribution in [0.5, 0.6) is 0 Å². The molecule has 0 bridgehead atoms. The van der Waals surface area contributed by atoms with Crippen molar-refractivity contribution in [3.8, 4) is 10.7 Å². The molecule has 0 unspecified atom stereocenters. The molecule has 10 heteroatoms. The topological polar surface area (TPSA) is 108 Å². The molecule has 4 heterocycles. The number of hydrogen-bond acceptors (Lipinski definition) is 6. The molecule has 0 saturated heterocycles. The normalized spacial score (nSPS) is 17.6. The highest BCUT2D eigenvalue weighted by molar-refractivity contribution is 7.90. The van der Waals surface area contributed by atoms with Gasteiger partial charge < -0.3 is 15.2 Å². The van der Waals surface area contributed by atoms with Crippen molar-refractivity contribution in [2.45, 2.75) is 0 Å². The van der Waals surface area contributed by atoms with E-state index in [1.807, 2.05) is 23.6 Å². The Labute approximate surface area is 170 Å². The van der Waals surface area contributed by atoms with Gasteiger partial charge in [-0.05, 0) is 41.8 Å². The van der Waals surface area contributed by atoms with Gasteiger partial charge in [-0.2, -0.15) is 0 Å². The number of sulfonamides is 1. The average molecular weight is 425 g/mol. The van der Waals surface area contributed by atoms with Gasteiger partial charge in [-0.15, -0.1) is 15.7 Å². The fourth-order valence-corrected chi connectivity index (χ4v) is 4.86. The van der Waals surface area contributed by atoms with Gasteiger partial charge in [0, 0.05) is 18.4 Å². The molecule has 5 rings (SSSR count).